The van der Waals surface area contributed by atoms with Gasteiger partial charge in [0.1, 0.15) is 5.54 Å². The summed E-state index contributed by atoms with van der Waals surface area (Å²) in [6.07, 6.45) is 0. The molecule has 0 aromatic carbocycles. The minimum absolute atomic E-state index is 0.178. The van der Waals surface area contributed by atoms with Crippen LogP contribution in [0.5, 0.6) is 0 Å². The third-order valence-electron chi connectivity index (χ3n) is 2.01. The van der Waals surface area contributed by atoms with Gasteiger partial charge in [-0.15, -0.1) is 0 Å². The Morgan fingerprint density at radius 3 is 2.29 bits per heavy atom. The van der Waals surface area contributed by atoms with Crippen LogP contribution < -0.4 is 16.4 Å². The van der Waals surface area contributed by atoms with E-state index in [2.05, 4.69) is 10.6 Å². The standard InChI is InChI=1S/C9H19N3O2/c1-6(5-11-4)7(13)12-9(2,3)8(10)14/h6,11H,5H2,1-4H3,(H2,10,14)(H,12,13). The summed E-state index contributed by atoms with van der Waals surface area (Å²) in [7, 11) is 1.77. The zero-order chi connectivity index (χ0) is 11.4. The van der Waals surface area contributed by atoms with Crippen LogP contribution in [0.1, 0.15) is 20.8 Å². The van der Waals surface area contributed by atoms with Gasteiger partial charge in [-0.1, -0.05) is 6.92 Å². The molecule has 5 nitrogen and oxygen atoms in total. The summed E-state index contributed by atoms with van der Waals surface area (Å²) in [5, 5.41) is 5.47. The van der Waals surface area contributed by atoms with Crippen LogP contribution in [0.25, 0.3) is 0 Å². The minimum Gasteiger partial charge on any atom is -0.368 e. The quantitative estimate of drug-likeness (QED) is 0.545. The van der Waals surface area contributed by atoms with Gasteiger partial charge in [-0.3, -0.25) is 9.59 Å². The summed E-state index contributed by atoms with van der Waals surface area (Å²) in [4.78, 5) is 22.4. The summed E-state index contributed by atoms with van der Waals surface area (Å²) >= 11 is 0. The Morgan fingerprint density at radius 2 is 1.93 bits per heavy atom. The van der Waals surface area contributed by atoms with Crippen molar-refractivity contribution < 1.29 is 9.59 Å². The highest BCUT2D eigenvalue weighted by atomic mass is 16.2. The van der Waals surface area contributed by atoms with E-state index in [0.29, 0.717) is 6.54 Å². The third kappa shape index (κ3) is 3.74. The fraction of sp³-hybridized carbons (Fsp3) is 0.778. The molecule has 0 saturated carbocycles. The van der Waals surface area contributed by atoms with Gasteiger partial charge in [-0.05, 0) is 20.9 Å². The molecule has 82 valence electrons. The summed E-state index contributed by atoms with van der Waals surface area (Å²) in [5.41, 5.74) is 4.14. The van der Waals surface area contributed by atoms with E-state index in [1.165, 1.54) is 0 Å². The van der Waals surface area contributed by atoms with Crippen LogP contribution in [0.3, 0.4) is 0 Å². The molecular formula is C9H19N3O2. The second kappa shape index (κ2) is 4.95. The molecule has 0 aromatic rings. The molecule has 0 saturated heterocycles. The molecule has 0 aliphatic carbocycles. The molecule has 1 unspecified atom stereocenters. The first kappa shape index (κ1) is 12.9. The van der Waals surface area contributed by atoms with E-state index in [1.54, 1.807) is 27.8 Å². The molecule has 4 N–H and O–H groups in total. The Balaban J connectivity index is 4.24. The van der Waals surface area contributed by atoms with Crippen LogP contribution in [0.15, 0.2) is 0 Å². The lowest BCUT2D eigenvalue weighted by molar-refractivity contribution is -0.132. The highest BCUT2D eigenvalue weighted by Gasteiger charge is 2.28. The van der Waals surface area contributed by atoms with Crippen molar-refractivity contribution in [1.29, 1.82) is 0 Å². The van der Waals surface area contributed by atoms with Crippen molar-refractivity contribution in [2.75, 3.05) is 13.6 Å². The van der Waals surface area contributed by atoms with Gasteiger partial charge < -0.3 is 16.4 Å². The van der Waals surface area contributed by atoms with Gasteiger partial charge >= 0.3 is 0 Å². The van der Waals surface area contributed by atoms with E-state index in [1.807, 2.05) is 0 Å². The van der Waals surface area contributed by atoms with Gasteiger partial charge in [-0.2, -0.15) is 0 Å². The number of hydrogen-bond acceptors (Lipinski definition) is 3. The van der Waals surface area contributed by atoms with Crippen molar-refractivity contribution >= 4 is 11.8 Å². The number of carbonyl (C=O) groups is 2. The highest BCUT2D eigenvalue weighted by Crippen LogP contribution is 2.03. The van der Waals surface area contributed by atoms with E-state index in [4.69, 9.17) is 5.73 Å². The Bertz CT molecular complexity index is 226. The van der Waals surface area contributed by atoms with Crippen molar-refractivity contribution in [2.24, 2.45) is 11.7 Å². The molecule has 5 heteroatoms. The predicted octanol–water partition coefficient (Wildman–Crippen LogP) is -0.778. The maximum absolute atomic E-state index is 11.5. The number of nitrogens with two attached hydrogens (primary N) is 1. The lowest BCUT2D eigenvalue weighted by Gasteiger charge is -2.24. The molecule has 0 bridgehead atoms. The highest BCUT2D eigenvalue weighted by molar-refractivity contribution is 5.90. The fourth-order valence-electron chi connectivity index (χ4n) is 0.892. The maximum Gasteiger partial charge on any atom is 0.242 e. The molecule has 1 atom stereocenters. The number of nitrogens with one attached hydrogen (secondary N) is 2. The number of hydrogen-bond donors (Lipinski definition) is 3. The SMILES string of the molecule is CNCC(C)C(=O)NC(C)(C)C(N)=O. The average Bonchev–Trinajstić information content (AvgIpc) is 2.03. The van der Waals surface area contributed by atoms with Crippen molar-refractivity contribution in [3.8, 4) is 0 Å². The Labute approximate surface area is 84.4 Å². The maximum atomic E-state index is 11.5. The van der Waals surface area contributed by atoms with E-state index in [-0.39, 0.29) is 11.8 Å². The van der Waals surface area contributed by atoms with Gasteiger partial charge in [0.15, 0.2) is 0 Å². The van der Waals surface area contributed by atoms with Crippen LogP contribution in [-0.2, 0) is 9.59 Å². The molecule has 0 aliphatic heterocycles. The normalized spacial score (nSPS) is 13.4. The zero-order valence-corrected chi connectivity index (χ0v) is 9.18. The molecule has 0 heterocycles. The summed E-state index contributed by atoms with van der Waals surface area (Å²) in [5.74, 6) is -0.899. The van der Waals surface area contributed by atoms with E-state index >= 15 is 0 Å². The first-order chi connectivity index (χ1) is 6.31. The lowest BCUT2D eigenvalue weighted by atomic mass is 10.0. The molecule has 0 radical (unpaired) electrons. The van der Waals surface area contributed by atoms with Crippen LogP contribution in [0.4, 0.5) is 0 Å². The Kier molecular flexibility index (Phi) is 4.56. The van der Waals surface area contributed by atoms with Gasteiger partial charge in [0.05, 0.1) is 0 Å². The third-order valence-corrected chi connectivity index (χ3v) is 2.01. The van der Waals surface area contributed by atoms with Gasteiger partial charge in [0.25, 0.3) is 0 Å². The fourth-order valence-corrected chi connectivity index (χ4v) is 0.892. The molecule has 0 aromatic heterocycles. The second-order valence-electron chi connectivity index (χ2n) is 3.94. The zero-order valence-electron chi connectivity index (χ0n) is 9.18. The van der Waals surface area contributed by atoms with Gasteiger partial charge in [-0.25, -0.2) is 0 Å². The lowest BCUT2D eigenvalue weighted by Crippen LogP contribution is -2.54. The molecule has 14 heavy (non-hydrogen) atoms. The first-order valence-corrected chi connectivity index (χ1v) is 4.57. The van der Waals surface area contributed by atoms with E-state index in [9.17, 15) is 9.59 Å². The van der Waals surface area contributed by atoms with Crippen LogP contribution in [-0.4, -0.2) is 30.9 Å². The minimum atomic E-state index is -0.987. The Hall–Kier alpha value is -1.10. The average molecular weight is 201 g/mol. The van der Waals surface area contributed by atoms with Gasteiger partial charge in [0, 0.05) is 12.5 Å². The van der Waals surface area contributed by atoms with Crippen LogP contribution in [0, 0.1) is 5.92 Å². The second-order valence-corrected chi connectivity index (χ2v) is 3.94. The molecule has 0 aliphatic rings. The monoisotopic (exact) mass is 201 g/mol. The van der Waals surface area contributed by atoms with E-state index < -0.39 is 11.4 Å². The number of amides is 2. The van der Waals surface area contributed by atoms with Crippen molar-refractivity contribution in [2.45, 2.75) is 26.3 Å². The first-order valence-electron chi connectivity index (χ1n) is 4.57. The molecule has 0 spiro atoms. The molecule has 2 amide bonds. The van der Waals surface area contributed by atoms with Crippen molar-refractivity contribution in [3.63, 3.8) is 0 Å². The number of rotatable bonds is 5. The predicted molar refractivity (Wildman–Crippen MR) is 54.5 cm³/mol. The summed E-state index contributed by atoms with van der Waals surface area (Å²) in [6, 6.07) is 0. The molecule has 0 fully saturated rings. The molecule has 0 rings (SSSR count). The number of primary amides is 1. The van der Waals surface area contributed by atoms with E-state index in [0.717, 1.165) is 0 Å². The largest absolute Gasteiger partial charge is 0.368 e. The topological polar surface area (TPSA) is 84.2 Å². The van der Waals surface area contributed by atoms with Crippen molar-refractivity contribution in [3.05, 3.63) is 0 Å². The smallest absolute Gasteiger partial charge is 0.242 e. The van der Waals surface area contributed by atoms with Crippen LogP contribution >= 0.6 is 0 Å². The van der Waals surface area contributed by atoms with Crippen molar-refractivity contribution in [1.82, 2.24) is 10.6 Å². The number of carbonyl (C=O) groups excluding carboxylic acids is 2. The van der Waals surface area contributed by atoms with Gasteiger partial charge in [0.2, 0.25) is 11.8 Å². The Morgan fingerprint density at radius 1 is 1.43 bits per heavy atom. The summed E-state index contributed by atoms with van der Waals surface area (Å²) in [6.45, 7) is 5.52. The van der Waals surface area contributed by atoms with Crippen LogP contribution in [0.2, 0.25) is 0 Å². The molecular weight excluding hydrogens is 182 g/mol. The summed E-state index contributed by atoms with van der Waals surface area (Å²) < 4.78 is 0.